The maximum atomic E-state index is 6.16. The van der Waals surface area contributed by atoms with Gasteiger partial charge in [0, 0.05) is 18.0 Å². The maximum absolute atomic E-state index is 6.16. The van der Waals surface area contributed by atoms with Crippen LogP contribution in [0.2, 0.25) is 5.02 Å². The molecule has 0 bridgehead atoms. The van der Waals surface area contributed by atoms with Crippen LogP contribution in [-0.2, 0) is 11.3 Å². The van der Waals surface area contributed by atoms with Crippen LogP contribution in [0.25, 0.3) is 11.4 Å². The van der Waals surface area contributed by atoms with Crippen LogP contribution in [0.15, 0.2) is 36.7 Å². The molecule has 1 aromatic carbocycles. The molecule has 0 radical (unpaired) electrons. The molecule has 82 valence electrons. The second kappa shape index (κ2) is 3.92. The smallest absolute Gasteiger partial charge is 0.141 e. The van der Waals surface area contributed by atoms with Crippen LogP contribution in [0.1, 0.15) is 0 Å². The number of epoxide rings is 1. The van der Waals surface area contributed by atoms with Crippen LogP contribution in [0, 0.1) is 0 Å². The van der Waals surface area contributed by atoms with Gasteiger partial charge >= 0.3 is 0 Å². The molecule has 4 heteroatoms. The van der Waals surface area contributed by atoms with Gasteiger partial charge in [-0.05, 0) is 12.1 Å². The highest BCUT2D eigenvalue weighted by atomic mass is 35.5. The van der Waals surface area contributed by atoms with E-state index in [1.54, 1.807) is 6.20 Å². The first-order chi connectivity index (χ1) is 7.84. The van der Waals surface area contributed by atoms with Crippen LogP contribution in [-0.4, -0.2) is 22.3 Å². The fourth-order valence-electron chi connectivity index (χ4n) is 1.74. The van der Waals surface area contributed by atoms with E-state index < -0.39 is 0 Å². The first kappa shape index (κ1) is 9.87. The van der Waals surface area contributed by atoms with E-state index >= 15 is 0 Å². The molecule has 1 aliphatic rings. The van der Waals surface area contributed by atoms with E-state index in [1.165, 1.54) is 0 Å². The van der Waals surface area contributed by atoms with E-state index in [1.807, 2.05) is 30.5 Å². The standard InChI is InChI=1S/C12H11ClN2O/c13-11-4-2-1-3-10(11)12-14-5-6-15(12)7-9-8-16-9/h1-6,9H,7-8H2. The monoisotopic (exact) mass is 234 g/mol. The molecule has 3 rings (SSSR count). The summed E-state index contributed by atoms with van der Waals surface area (Å²) < 4.78 is 7.30. The maximum Gasteiger partial charge on any atom is 0.141 e. The summed E-state index contributed by atoms with van der Waals surface area (Å²) in [6, 6.07) is 7.75. The topological polar surface area (TPSA) is 30.4 Å². The van der Waals surface area contributed by atoms with Gasteiger partial charge in [-0.25, -0.2) is 4.98 Å². The highest BCUT2D eigenvalue weighted by Gasteiger charge is 2.24. The van der Waals surface area contributed by atoms with E-state index in [9.17, 15) is 0 Å². The molecular weight excluding hydrogens is 224 g/mol. The molecule has 0 spiro atoms. The number of hydrogen-bond acceptors (Lipinski definition) is 2. The highest BCUT2D eigenvalue weighted by Crippen LogP contribution is 2.27. The lowest BCUT2D eigenvalue weighted by atomic mass is 10.2. The fourth-order valence-corrected chi connectivity index (χ4v) is 1.96. The number of benzene rings is 1. The van der Waals surface area contributed by atoms with Gasteiger partial charge in [-0.15, -0.1) is 0 Å². The third kappa shape index (κ3) is 1.84. The van der Waals surface area contributed by atoms with Crippen molar-refractivity contribution in [2.45, 2.75) is 12.6 Å². The minimum atomic E-state index is 0.343. The fraction of sp³-hybridized carbons (Fsp3) is 0.250. The molecule has 16 heavy (non-hydrogen) atoms. The molecule has 1 aliphatic heterocycles. The summed E-state index contributed by atoms with van der Waals surface area (Å²) in [7, 11) is 0. The first-order valence-electron chi connectivity index (χ1n) is 5.22. The Balaban J connectivity index is 1.99. The normalized spacial score (nSPS) is 18.7. The van der Waals surface area contributed by atoms with Crippen LogP contribution >= 0.6 is 11.6 Å². The van der Waals surface area contributed by atoms with Gasteiger partial charge in [0.05, 0.1) is 24.3 Å². The van der Waals surface area contributed by atoms with E-state index in [4.69, 9.17) is 16.3 Å². The van der Waals surface area contributed by atoms with E-state index in [2.05, 4.69) is 9.55 Å². The zero-order valence-corrected chi connectivity index (χ0v) is 9.39. The summed E-state index contributed by atoms with van der Waals surface area (Å²) in [5, 5.41) is 0.728. The summed E-state index contributed by atoms with van der Waals surface area (Å²) in [6.07, 6.45) is 4.09. The molecule has 2 heterocycles. The zero-order chi connectivity index (χ0) is 11.0. The first-order valence-corrected chi connectivity index (χ1v) is 5.60. The van der Waals surface area contributed by atoms with Gasteiger partial charge in [-0.2, -0.15) is 0 Å². The van der Waals surface area contributed by atoms with Crippen LogP contribution < -0.4 is 0 Å². The van der Waals surface area contributed by atoms with Gasteiger partial charge in [0.25, 0.3) is 0 Å². The molecular formula is C12H11ClN2O. The second-order valence-corrected chi connectivity index (χ2v) is 4.25. The van der Waals surface area contributed by atoms with Gasteiger partial charge in [0.2, 0.25) is 0 Å². The Morgan fingerprint density at radius 1 is 1.44 bits per heavy atom. The highest BCUT2D eigenvalue weighted by molar-refractivity contribution is 6.33. The SMILES string of the molecule is Clc1ccccc1-c1nccn1CC1CO1. The predicted octanol–water partition coefficient (Wildman–Crippen LogP) is 2.60. The van der Waals surface area contributed by atoms with Gasteiger partial charge in [-0.1, -0.05) is 23.7 Å². The second-order valence-electron chi connectivity index (χ2n) is 3.84. The van der Waals surface area contributed by atoms with Gasteiger partial charge in [-0.3, -0.25) is 0 Å². The number of ether oxygens (including phenoxy) is 1. The van der Waals surface area contributed by atoms with Crippen molar-refractivity contribution in [3.8, 4) is 11.4 Å². The summed E-state index contributed by atoms with van der Waals surface area (Å²) >= 11 is 6.16. The molecule has 1 unspecified atom stereocenters. The Hall–Kier alpha value is -1.32. The Labute approximate surface area is 98.6 Å². The third-order valence-electron chi connectivity index (χ3n) is 2.63. The molecule has 1 saturated heterocycles. The molecule has 2 aromatic rings. The summed E-state index contributed by atoms with van der Waals surface area (Å²) in [5.41, 5.74) is 0.967. The lowest BCUT2D eigenvalue weighted by molar-refractivity contribution is 0.383. The van der Waals surface area contributed by atoms with Crippen molar-refractivity contribution in [1.82, 2.24) is 9.55 Å². The van der Waals surface area contributed by atoms with Gasteiger partial charge < -0.3 is 9.30 Å². The Morgan fingerprint density at radius 3 is 3.00 bits per heavy atom. The molecule has 3 nitrogen and oxygen atoms in total. The summed E-state index contributed by atoms with van der Waals surface area (Å²) in [6.45, 7) is 1.70. The molecule has 1 aromatic heterocycles. The predicted molar refractivity (Wildman–Crippen MR) is 62.4 cm³/mol. The quantitative estimate of drug-likeness (QED) is 0.765. The number of halogens is 1. The van der Waals surface area contributed by atoms with Gasteiger partial charge in [0.1, 0.15) is 5.82 Å². The van der Waals surface area contributed by atoms with Crippen molar-refractivity contribution in [2.24, 2.45) is 0 Å². The molecule has 1 atom stereocenters. The van der Waals surface area contributed by atoms with E-state index in [0.717, 1.165) is 29.6 Å². The number of imidazole rings is 1. The molecule has 1 fully saturated rings. The van der Waals surface area contributed by atoms with Crippen LogP contribution in [0.5, 0.6) is 0 Å². The van der Waals surface area contributed by atoms with E-state index in [0.29, 0.717) is 6.10 Å². The average molecular weight is 235 g/mol. The number of hydrogen-bond donors (Lipinski definition) is 0. The molecule has 0 aliphatic carbocycles. The van der Waals surface area contributed by atoms with E-state index in [-0.39, 0.29) is 0 Å². The number of nitrogens with zero attached hydrogens (tertiary/aromatic N) is 2. The minimum absolute atomic E-state index is 0.343. The molecule has 0 saturated carbocycles. The third-order valence-corrected chi connectivity index (χ3v) is 2.96. The Kier molecular flexibility index (Phi) is 2.42. The zero-order valence-electron chi connectivity index (χ0n) is 8.64. The van der Waals surface area contributed by atoms with Crippen molar-refractivity contribution in [3.63, 3.8) is 0 Å². The van der Waals surface area contributed by atoms with Crippen molar-refractivity contribution in [3.05, 3.63) is 41.7 Å². The van der Waals surface area contributed by atoms with Crippen molar-refractivity contribution in [1.29, 1.82) is 0 Å². The largest absolute Gasteiger partial charge is 0.371 e. The van der Waals surface area contributed by atoms with Crippen molar-refractivity contribution < 1.29 is 4.74 Å². The van der Waals surface area contributed by atoms with Crippen molar-refractivity contribution >= 4 is 11.6 Å². The lowest BCUT2D eigenvalue weighted by Crippen LogP contribution is -2.04. The average Bonchev–Trinajstić information content (AvgIpc) is 2.97. The van der Waals surface area contributed by atoms with Gasteiger partial charge in [0.15, 0.2) is 0 Å². The summed E-state index contributed by atoms with van der Waals surface area (Å²) in [5.74, 6) is 0.904. The Bertz CT molecular complexity index is 505. The van der Waals surface area contributed by atoms with Crippen molar-refractivity contribution in [2.75, 3.05) is 6.61 Å². The van der Waals surface area contributed by atoms with Crippen LogP contribution in [0.3, 0.4) is 0 Å². The number of aromatic nitrogens is 2. The van der Waals surface area contributed by atoms with Crippen LogP contribution in [0.4, 0.5) is 0 Å². The minimum Gasteiger partial charge on any atom is -0.371 e. The molecule has 0 amide bonds. The number of rotatable bonds is 3. The molecule has 0 N–H and O–H groups in total. The lowest BCUT2D eigenvalue weighted by Gasteiger charge is -2.07. The Morgan fingerprint density at radius 2 is 2.25 bits per heavy atom. The summed E-state index contributed by atoms with van der Waals surface area (Å²) in [4.78, 5) is 4.35.